The molecule has 0 unspecified atom stereocenters. The van der Waals surface area contributed by atoms with Crippen molar-refractivity contribution in [2.24, 2.45) is 0 Å². The van der Waals surface area contributed by atoms with Gasteiger partial charge in [-0.2, -0.15) is 4.31 Å². The van der Waals surface area contributed by atoms with E-state index in [0.717, 1.165) is 53.6 Å². The Morgan fingerprint density at radius 2 is 1.76 bits per heavy atom. The molecule has 0 aliphatic carbocycles. The highest BCUT2D eigenvalue weighted by Gasteiger charge is 2.24. The van der Waals surface area contributed by atoms with Gasteiger partial charge >= 0.3 is 0 Å². The Bertz CT molecular complexity index is 1620. The van der Waals surface area contributed by atoms with Gasteiger partial charge in [0.05, 0.1) is 21.7 Å². The van der Waals surface area contributed by atoms with Crippen LogP contribution in [0.25, 0.3) is 10.2 Å². The van der Waals surface area contributed by atoms with Crippen LogP contribution in [0.2, 0.25) is 5.02 Å². The minimum Gasteiger partial charge on any atom is -0.493 e. The molecule has 1 fully saturated rings. The molecule has 0 atom stereocenters. The lowest BCUT2D eigenvalue weighted by Gasteiger charge is -2.34. The maximum Gasteiger partial charge on any atom is 0.251 e. The number of piperazine rings is 1. The molecule has 0 radical (unpaired) electrons. The number of sulfonamides is 1. The number of nitrogens with one attached hydrogen (secondary N) is 1. The molecular formula is C30H34ClN5O4S2. The van der Waals surface area contributed by atoms with Crippen molar-refractivity contribution >= 4 is 54.2 Å². The molecule has 5 rings (SSSR count). The smallest absolute Gasteiger partial charge is 0.251 e. The van der Waals surface area contributed by atoms with Gasteiger partial charge in [0, 0.05) is 57.9 Å². The van der Waals surface area contributed by atoms with Gasteiger partial charge in [0.1, 0.15) is 5.52 Å². The van der Waals surface area contributed by atoms with E-state index in [1.165, 1.54) is 16.4 Å². The Balaban J connectivity index is 1.10. The number of aromatic nitrogens is 1. The van der Waals surface area contributed by atoms with E-state index < -0.39 is 10.0 Å². The summed E-state index contributed by atoms with van der Waals surface area (Å²) in [6.07, 6.45) is 0. The molecular weight excluding hydrogens is 594 g/mol. The molecule has 4 aromatic rings. The molecule has 1 aliphatic rings. The van der Waals surface area contributed by atoms with Crippen LogP contribution >= 0.6 is 22.9 Å². The summed E-state index contributed by atoms with van der Waals surface area (Å²) in [5, 5.41) is 4.46. The Morgan fingerprint density at radius 1 is 1.05 bits per heavy atom. The molecule has 1 N–H and O–H groups in total. The van der Waals surface area contributed by atoms with Crippen LogP contribution in [-0.4, -0.2) is 81.4 Å². The molecule has 1 amide bonds. The lowest BCUT2D eigenvalue weighted by molar-refractivity contribution is 0.0947. The number of methoxy groups -OCH3 is 1. The quantitative estimate of drug-likeness (QED) is 0.257. The minimum atomic E-state index is -3.69. The van der Waals surface area contributed by atoms with Crippen LogP contribution in [0.3, 0.4) is 0 Å². The van der Waals surface area contributed by atoms with Gasteiger partial charge in [0.2, 0.25) is 10.0 Å². The second-order valence-electron chi connectivity index (χ2n) is 9.95. The fourth-order valence-electron chi connectivity index (χ4n) is 4.94. The number of halogens is 1. The molecule has 9 nitrogen and oxygen atoms in total. The molecule has 42 heavy (non-hydrogen) atoms. The molecule has 1 aliphatic heterocycles. The van der Waals surface area contributed by atoms with Crippen molar-refractivity contribution in [1.82, 2.24) is 19.5 Å². The first-order valence-corrected chi connectivity index (χ1v) is 16.5. The van der Waals surface area contributed by atoms with Crippen molar-refractivity contribution in [3.8, 4) is 5.75 Å². The second-order valence-corrected chi connectivity index (χ2v) is 13.3. The van der Waals surface area contributed by atoms with Crippen LogP contribution in [0.5, 0.6) is 5.75 Å². The number of fused-ring (bicyclic) bond motifs is 1. The summed E-state index contributed by atoms with van der Waals surface area (Å²) in [5.74, 6) is 0.379. The summed E-state index contributed by atoms with van der Waals surface area (Å²) in [7, 11) is -2.08. The zero-order valence-electron chi connectivity index (χ0n) is 23.6. The topological polar surface area (TPSA) is 95.1 Å². The molecule has 1 saturated heterocycles. The van der Waals surface area contributed by atoms with Crippen LogP contribution in [-0.2, 0) is 16.6 Å². The van der Waals surface area contributed by atoms with Crippen molar-refractivity contribution in [3.63, 3.8) is 0 Å². The zero-order valence-corrected chi connectivity index (χ0v) is 26.0. The number of ether oxygens (including phenoxy) is 1. The number of hydrogen-bond donors (Lipinski definition) is 1. The van der Waals surface area contributed by atoms with Gasteiger partial charge in [-0.25, -0.2) is 13.4 Å². The highest BCUT2D eigenvalue weighted by atomic mass is 35.5. The standard InChI is InChI=1S/C30H34ClN5O4S2/c1-3-36(21-22-7-5-4-6-8-22)42(38,39)24-11-9-23(10-12-24)29(37)32-15-16-34-17-19-35(20-18-34)30-33-27-26(41-30)14-13-25(31)28(27)40-2/h4-14H,3,15-21H2,1-2H3,(H,32,37). The third kappa shape index (κ3) is 6.71. The molecule has 0 bridgehead atoms. The number of rotatable bonds is 11. The van der Waals surface area contributed by atoms with Crippen molar-refractivity contribution in [1.29, 1.82) is 0 Å². The second kappa shape index (κ2) is 13.4. The largest absolute Gasteiger partial charge is 0.493 e. The maximum absolute atomic E-state index is 13.2. The van der Waals surface area contributed by atoms with Crippen LogP contribution in [0, 0.1) is 0 Å². The first-order chi connectivity index (χ1) is 20.3. The first-order valence-electron chi connectivity index (χ1n) is 13.8. The third-order valence-electron chi connectivity index (χ3n) is 7.32. The molecule has 3 aromatic carbocycles. The minimum absolute atomic E-state index is 0.171. The number of anilines is 1. The number of carbonyl (C=O) groups is 1. The van der Waals surface area contributed by atoms with Crippen molar-refractivity contribution < 1.29 is 17.9 Å². The van der Waals surface area contributed by atoms with E-state index in [0.29, 0.717) is 36.0 Å². The van der Waals surface area contributed by atoms with Gasteiger partial charge in [-0.15, -0.1) is 0 Å². The number of nitrogens with zero attached hydrogens (tertiary/aromatic N) is 4. The van der Waals surface area contributed by atoms with Crippen molar-refractivity contribution in [2.45, 2.75) is 18.4 Å². The zero-order chi connectivity index (χ0) is 29.7. The Morgan fingerprint density at radius 3 is 2.43 bits per heavy atom. The summed E-state index contributed by atoms with van der Waals surface area (Å²) in [6.45, 7) is 7.05. The Kier molecular flexibility index (Phi) is 9.64. The van der Waals surface area contributed by atoms with Gasteiger partial charge in [-0.1, -0.05) is 60.2 Å². The Hall–Kier alpha value is -3.22. The monoisotopic (exact) mass is 627 g/mol. The average Bonchev–Trinajstić information content (AvgIpc) is 3.45. The number of carbonyl (C=O) groups excluding carboxylic acids is 1. The fourth-order valence-corrected chi connectivity index (χ4v) is 7.62. The highest BCUT2D eigenvalue weighted by molar-refractivity contribution is 7.89. The van der Waals surface area contributed by atoms with E-state index in [9.17, 15) is 13.2 Å². The summed E-state index contributed by atoms with van der Waals surface area (Å²) in [6, 6.07) is 19.4. The van der Waals surface area contributed by atoms with Crippen LogP contribution in [0.1, 0.15) is 22.8 Å². The SMILES string of the molecule is CCN(Cc1ccccc1)S(=O)(=O)c1ccc(C(=O)NCCN2CCN(c3nc4c(OC)c(Cl)ccc4s3)CC2)cc1. The Labute approximate surface area is 255 Å². The van der Waals surface area contributed by atoms with Gasteiger partial charge in [0.15, 0.2) is 10.9 Å². The lowest BCUT2D eigenvalue weighted by Crippen LogP contribution is -2.48. The first kappa shape index (κ1) is 30.2. The van der Waals surface area contributed by atoms with E-state index in [2.05, 4.69) is 15.1 Å². The predicted octanol–water partition coefficient (Wildman–Crippen LogP) is 4.72. The van der Waals surface area contributed by atoms with Crippen molar-refractivity contribution in [2.75, 3.05) is 57.8 Å². The number of thiazole rings is 1. The van der Waals surface area contributed by atoms with Crippen molar-refractivity contribution in [3.05, 3.63) is 82.9 Å². The third-order valence-corrected chi connectivity index (χ3v) is 10.6. The summed E-state index contributed by atoms with van der Waals surface area (Å²) in [5.41, 5.74) is 2.13. The summed E-state index contributed by atoms with van der Waals surface area (Å²) >= 11 is 7.89. The highest BCUT2D eigenvalue weighted by Crippen LogP contribution is 2.38. The van der Waals surface area contributed by atoms with E-state index in [1.54, 1.807) is 30.6 Å². The van der Waals surface area contributed by atoms with Gasteiger partial charge in [-0.05, 0) is 42.0 Å². The molecule has 222 valence electrons. The number of hydrogen-bond acceptors (Lipinski definition) is 8. The predicted molar refractivity (Wildman–Crippen MR) is 168 cm³/mol. The average molecular weight is 628 g/mol. The summed E-state index contributed by atoms with van der Waals surface area (Å²) in [4.78, 5) is 22.3. The molecule has 0 spiro atoms. The summed E-state index contributed by atoms with van der Waals surface area (Å²) < 4.78 is 34.3. The van der Waals surface area contributed by atoms with E-state index >= 15 is 0 Å². The van der Waals surface area contributed by atoms with Gasteiger partial charge in [0.25, 0.3) is 5.91 Å². The van der Waals surface area contributed by atoms with E-state index in [4.69, 9.17) is 21.3 Å². The number of amides is 1. The van der Waals surface area contributed by atoms with E-state index in [-0.39, 0.29) is 10.8 Å². The maximum atomic E-state index is 13.2. The van der Waals surface area contributed by atoms with Crippen LogP contribution in [0.15, 0.2) is 71.6 Å². The molecule has 12 heteroatoms. The number of benzene rings is 3. The van der Waals surface area contributed by atoms with Gasteiger partial charge < -0.3 is 15.0 Å². The van der Waals surface area contributed by atoms with Crippen LogP contribution in [0.4, 0.5) is 5.13 Å². The molecule has 0 saturated carbocycles. The van der Waals surface area contributed by atoms with Gasteiger partial charge in [-0.3, -0.25) is 9.69 Å². The lowest BCUT2D eigenvalue weighted by atomic mass is 10.2. The molecule has 2 heterocycles. The molecule has 1 aromatic heterocycles. The fraction of sp³-hybridized carbons (Fsp3) is 0.333. The van der Waals surface area contributed by atoms with E-state index in [1.807, 2.05) is 49.4 Å². The normalized spacial score (nSPS) is 14.4. The van der Waals surface area contributed by atoms with Crippen LogP contribution < -0.4 is 15.0 Å².